The Morgan fingerprint density at radius 3 is 1.67 bits per heavy atom. The molecule has 2 aromatic heterocycles. The van der Waals surface area contributed by atoms with Crippen molar-refractivity contribution in [3.05, 3.63) is 194 Å². The first-order valence-electron chi connectivity index (χ1n) is 19.9. The van der Waals surface area contributed by atoms with E-state index >= 15 is 0 Å². The van der Waals surface area contributed by atoms with Crippen molar-refractivity contribution in [2.45, 2.75) is 0 Å². The second-order valence-corrected chi connectivity index (χ2v) is 16.6. The Balaban J connectivity index is 1.03. The largest absolute Gasteiger partial charge is 0.455 e. The molecule has 1 nitrogen and oxygen atoms in total. The van der Waals surface area contributed by atoms with Crippen molar-refractivity contribution in [3.8, 4) is 33.4 Å². The molecule has 58 heavy (non-hydrogen) atoms. The summed E-state index contributed by atoms with van der Waals surface area (Å²) in [5, 5.41) is 17.3. The summed E-state index contributed by atoms with van der Waals surface area (Å²) in [5.41, 5.74) is 9.30. The van der Waals surface area contributed by atoms with Crippen molar-refractivity contribution in [2.24, 2.45) is 0 Å². The lowest BCUT2D eigenvalue weighted by atomic mass is 9.83. The lowest BCUT2D eigenvalue weighted by Crippen LogP contribution is -1.92. The van der Waals surface area contributed by atoms with Crippen molar-refractivity contribution < 1.29 is 4.42 Å². The Morgan fingerprint density at radius 1 is 0.310 bits per heavy atom. The van der Waals surface area contributed by atoms with Gasteiger partial charge in [-0.25, -0.2) is 0 Å². The molecule has 268 valence electrons. The molecule has 0 spiro atoms. The second-order valence-electron chi connectivity index (χ2n) is 15.5. The Bertz CT molecular complexity index is 3810. The van der Waals surface area contributed by atoms with Crippen LogP contribution in [-0.2, 0) is 0 Å². The molecule has 0 bridgehead atoms. The van der Waals surface area contributed by atoms with Crippen LogP contribution in [0.15, 0.2) is 199 Å². The highest BCUT2D eigenvalue weighted by molar-refractivity contribution is 7.26. The minimum absolute atomic E-state index is 0.935. The maximum atomic E-state index is 6.80. The molecule has 13 aromatic rings. The molecule has 0 fully saturated rings. The molecule has 0 aliphatic carbocycles. The maximum absolute atomic E-state index is 6.80. The molecule has 13 rings (SSSR count). The molecule has 0 aliphatic rings. The average Bonchev–Trinajstić information content (AvgIpc) is 3.86. The standard InChI is InChI=1S/C56H32OS/c1-2-12-35-31-37(24-21-33(35)11-1)52-41-15-5-7-17-43(41)53(44-18-8-6-16-42(44)52)45-28-27-38(39-13-3-4-14-40(39)45)36-23-22-34-25-26-47-54-49(57-56(47)48(34)32-36)29-30-51-55(54)46-19-9-10-20-50(46)58-51/h1-32H. The van der Waals surface area contributed by atoms with Crippen LogP contribution in [0.5, 0.6) is 0 Å². The number of fused-ring (bicyclic) bond motifs is 13. The minimum Gasteiger partial charge on any atom is -0.455 e. The van der Waals surface area contributed by atoms with E-state index in [4.69, 9.17) is 4.42 Å². The van der Waals surface area contributed by atoms with Gasteiger partial charge in [-0.1, -0.05) is 158 Å². The van der Waals surface area contributed by atoms with Crippen LogP contribution in [0.25, 0.3) is 129 Å². The predicted octanol–water partition coefficient (Wildman–Crippen LogP) is 16.7. The summed E-state index contributed by atoms with van der Waals surface area (Å²) in [4.78, 5) is 0. The molecular formula is C56H32OS. The van der Waals surface area contributed by atoms with E-state index in [1.807, 2.05) is 11.3 Å². The zero-order chi connectivity index (χ0) is 37.9. The summed E-state index contributed by atoms with van der Waals surface area (Å²) >= 11 is 1.85. The summed E-state index contributed by atoms with van der Waals surface area (Å²) in [6, 6.07) is 71.5. The van der Waals surface area contributed by atoms with Gasteiger partial charge in [0.1, 0.15) is 11.2 Å². The zero-order valence-corrected chi connectivity index (χ0v) is 32.1. The van der Waals surface area contributed by atoms with Crippen molar-refractivity contribution >= 4 is 107 Å². The lowest BCUT2D eigenvalue weighted by molar-refractivity contribution is 0.673. The fourth-order valence-corrected chi connectivity index (χ4v) is 11.0. The highest BCUT2D eigenvalue weighted by Gasteiger charge is 2.21. The quantitative estimate of drug-likeness (QED) is 0.164. The Kier molecular flexibility index (Phi) is 6.66. The van der Waals surface area contributed by atoms with E-state index < -0.39 is 0 Å². The first-order valence-corrected chi connectivity index (χ1v) is 20.7. The van der Waals surface area contributed by atoms with Crippen LogP contribution in [-0.4, -0.2) is 0 Å². The lowest BCUT2D eigenvalue weighted by Gasteiger charge is -2.20. The van der Waals surface area contributed by atoms with Gasteiger partial charge in [0.2, 0.25) is 0 Å². The van der Waals surface area contributed by atoms with Gasteiger partial charge in [0, 0.05) is 36.3 Å². The topological polar surface area (TPSA) is 13.1 Å². The Labute approximate surface area is 337 Å². The molecule has 0 atom stereocenters. The third-order valence-electron chi connectivity index (χ3n) is 12.4. The molecule has 2 heteroatoms. The van der Waals surface area contributed by atoms with Crippen molar-refractivity contribution in [1.29, 1.82) is 0 Å². The highest BCUT2D eigenvalue weighted by Crippen LogP contribution is 2.48. The molecule has 11 aromatic carbocycles. The third kappa shape index (κ3) is 4.52. The molecule has 0 saturated heterocycles. The summed E-state index contributed by atoms with van der Waals surface area (Å²) < 4.78 is 9.39. The summed E-state index contributed by atoms with van der Waals surface area (Å²) in [6.07, 6.45) is 0. The SMILES string of the molecule is c1ccc2cc(-c3c4ccccc4c(-c4ccc(-c5ccc6ccc7c(oc8ccc9sc%10ccccc%10c9c87)c6c5)c5ccccc45)c4ccccc34)ccc2c1. The molecule has 0 amide bonds. The maximum Gasteiger partial charge on any atom is 0.143 e. The van der Waals surface area contributed by atoms with Gasteiger partial charge in [-0.15, -0.1) is 11.3 Å². The van der Waals surface area contributed by atoms with Gasteiger partial charge in [-0.05, 0) is 118 Å². The number of thiophene rings is 1. The summed E-state index contributed by atoms with van der Waals surface area (Å²) in [6.45, 7) is 0. The van der Waals surface area contributed by atoms with E-state index in [9.17, 15) is 0 Å². The first kappa shape index (κ1) is 31.9. The molecule has 0 saturated carbocycles. The summed E-state index contributed by atoms with van der Waals surface area (Å²) in [5.74, 6) is 0. The molecule has 2 heterocycles. The van der Waals surface area contributed by atoms with Crippen LogP contribution in [0.2, 0.25) is 0 Å². The second kappa shape index (κ2) is 12.1. The van der Waals surface area contributed by atoms with E-state index in [1.165, 1.54) is 113 Å². The highest BCUT2D eigenvalue weighted by atomic mass is 32.1. The van der Waals surface area contributed by atoms with E-state index in [1.54, 1.807) is 0 Å². The van der Waals surface area contributed by atoms with E-state index in [-0.39, 0.29) is 0 Å². The predicted molar refractivity (Wildman–Crippen MR) is 250 cm³/mol. The van der Waals surface area contributed by atoms with Crippen LogP contribution in [0, 0.1) is 0 Å². The smallest absolute Gasteiger partial charge is 0.143 e. The third-order valence-corrected chi connectivity index (χ3v) is 13.6. The van der Waals surface area contributed by atoms with Crippen LogP contribution in [0.3, 0.4) is 0 Å². The van der Waals surface area contributed by atoms with Gasteiger partial charge in [-0.3, -0.25) is 0 Å². The summed E-state index contributed by atoms with van der Waals surface area (Å²) in [7, 11) is 0. The van der Waals surface area contributed by atoms with Gasteiger partial charge < -0.3 is 4.42 Å². The van der Waals surface area contributed by atoms with Gasteiger partial charge in [0.15, 0.2) is 0 Å². The minimum atomic E-state index is 0.935. The number of furan rings is 1. The van der Waals surface area contributed by atoms with E-state index in [0.717, 1.165) is 16.6 Å². The number of rotatable bonds is 3. The van der Waals surface area contributed by atoms with E-state index in [0.29, 0.717) is 0 Å². The number of benzene rings is 11. The molecule has 0 radical (unpaired) electrons. The van der Waals surface area contributed by atoms with Crippen LogP contribution >= 0.6 is 11.3 Å². The molecule has 0 aliphatic heterocycles. The Hall–Kier alpha value is -7.26. The fraction of sp³-hybridized carbons (Fsp3) is 0. The van der Waals surface area contributed by atoms with Crippen LogP contribution < -0.4 is 0 Å². The molecule has 0 unspecified atom stereocenters. The number of hydrogen-bond acceptors (Lipinski definition) is 2. The first-order chi connectivity index (χ1) is 28.8. The zero-order valence-electron chi connectivity index (χ0n) is 31.3. The Morgan fingerprint density at radius 2 is 0.897 bits per heavy atom. The number of hydrogen-bond donors (Lipinski definition) is 0. The van der Waals surface area contributed by atoms with Gasteiger partial charge in [0.05, 0.1) is 0 Å². The van der Waals surface area contributed by atoms with Crippen molar-refractivity contribution in [2.75, 3.05) is 0 Å². The van der Waals surface area contributed by atoms with Crippen molar-refractivity contribution in [1.82, 2.24) is 0 Å². The normalized spacial score (nSPS) is 12.1. The molecule has 0 N–H and O–H groups in total. The van der Waals surface area contributed by atoms with Gasteiger partial charge in [0.25, 0.3) is 0 Å². The van der Waals surface area contributed by atoms with Crippen LogP contribution in [0.4, 0.5) is 0 Å². The van der Waals surface area contributed by atoms with Crippen molar-refractivity contribution in [3.63, 3.8) is 0 Å². The monoisotopic (exact) mass is 752 g/mol. The fourth-order valence-electron chi connectivity index (χ4n) is 9.87. The van der Waals surface area contributed by atoms with Gasteiger partial charge >= 0.3 is 0 Å². The van der Waals surface area contributed by atoms with Gasteiger partial charge in [-0.2, -0.15) is 0 Å². The van der Waals surface area contributed by atoms with E-state index in [2.05, 4.69) is 194 Å². The average molecular weight is 753 g/mol. The molecular weight excluding hydrogens is 721 g/mol. The van der Waals surface area contributed by atoms with Crippen LogP contribution in [0.1, 0.15) is 0 Å².